The summed E-state index contributed by atoms with van der Waals surface area (Å²) in [4.78, 5) is 17.7. The summed E-state index contributed by atoms with van der Waals surface area (Å²) in [7, 11) is 0. The molecule has 0 amide bonds. The molecule has 0 N–H and O–H groups in total. The molecule has 0 fully saturated rings. The fourth-order valence-corrected chi connectivity index (χ4v) is 3.67. The van der Waals surface area contributed by atoms with Gasteiger partial charge in [-0.15, -0.1) is 0 Å². The van der Waals surface area contributed by atoms with Gasteiger partial charge < -0.3 is 4.74 Å². The molecule has 0 aliphatic rings. The van der Waals surface area contributed by atoms with E-state index in [0.29, 0.717) is 21.5 Å². The molecule has 0 unspecified atom stereocenters. The maximum atomic E-state index is 11.9. The predicted molar refractivity (Wildman–Crippen MR) is 89.2 cm³/mol. The van der Waals surface area contributed by atoms with Crippen molar-refractivity contribution in [2.75, 3.05) is 6.61 Å². The van der Waals surface area contributed by atoms with Gasteiger partial charge in [-0.25, -0.2) is 9.78 Å². The Morgan fingerprint density at radius 1 is 1.41 bits per heavy atom. The van der Waals surface area contributed by atoms with E-state index in [1.54, 1.807) is 19.1 Å². The molecule has 0 aliphatic heterocycles. The van der Waals surface area contributed by atoms with Crippen LogP contribution in [0.15, 0.2) is 24.4 Å². The number of fused-ring (bicyclic) bond motifs is 1. The van der Waals surface area contributed by atoms with Crippen LogP contribution in [0.2, 0.25) is 10.0 Å². The van der Waals surface area contributed by atoms with Crippen LogP contribution in [-0.4, -0.2) is 22.0 Å². The van der Waals surface area contributed by atoms with Gasteiger partial charge in [-0.2, -0.15) is 0 Å². The van der Waals surface area contributed by atoms with Gasteiger partial charge in [0.2, 0.25) is 0 Å². The Morgan fingerprint density at radius 3 is 2.82 bits per heavy atom. The fourth-order valence-electron chi connectivity index (χ4n) is 2.16. The van der Waals surface area contributed by atoms with Gasteiger partial charge in [0.15, 0.2) is 4.96 Å². The van der Waals surface area contributed by atoms with Gasteiger partial charge in [0.1, 0.15) is 4.88 Å². The van der Waals surface area contributed by atoms with Crippen molar-refractivity contribution in [2.45, 2.75) is 13.8 Å². The number of nitrogens with zero attached hydrogens (tertiary/aromatic N) is 2. The highest BCUT2D eigenvalue weighted by atomic mass is 35.5. The van der Waals surface area contributed by atoms with Crippen LogP contribution in [0.1, 0.15) is 22.3 Å². The van der Waals surface area contributed by atoms with E-state index in [9.17, 15) is 4.79 Å². The average Bonchev–Trinajstić information content (AvgIpc) is 2.99. The maximum absolute atomic E-state index is 11.9. The Morgan fingerprint density at radius 2 is 2.18 bits per heavy atom. The van der Waals surface area contributed by atoms with Crippen LogP contribution in [0.5, 0.6) is 0 Å². The summed E-state index contributed by atoms with van der Waals surface area (Å²) >= 11 is 13.4. The Balaban J connectivity index is 2.06. The van der Waals surface area contributed by atoms with Crippen molar-refractivity contribution in [1.29, 1.82) is 0 Å². The number of carbonyl (C=O) groups excluding carboxylic acids is 1. The number of halogens is 2. The molecule has 0 aliphatic carbocycles. The first-order valence-electron chi connectivity index (χ1n) is 6.62. The van der Waals surface area contributed by atoms with Crippen LogP contribution in [0.4, 0.5) is 0 Å². The van der Waals surface area contributed by atoms with Crippen molar-refractivity contribution in [1.82, 2.24) is 9.38 Å². The Bertz CT molecular complexity index is 870. The highest BCUT2D eigenvalue weighted by molar-refractivity contribution is 7.19. The summed E-state index contributed by atoms with van der Waals surface area (Å²) in [6.45, 7) is 4.00. The van der Waals surface area contributed by atoms with Gasteiger partial charge in [-0.3, -0.25) is 4.40 Å². The fraction of sp³-hybridized carbons (Fsp3) is 0.200. The predicted octanol–water partition coefficient (Wildman–Crippen LogP) is 4.85. The number of carbonyl (C=O) groups is 1. The van der Waals surface area contributed by atoms with Crippen LogP contribution < -0.4 is 0 Å². The number of ether oxygens (including phenoxy) is 1. The molecule has 1 aromatic carbocycles. The summed E-state index contributed by atoms with van der Waals surface area (Å²) in [5.41, 5.74) is 2.35. The van der Waals surface area contributed by atoms with Crippen LogP contribution in [-0.2, 0) is 4.74 Å². The number of aryl methyl sites for hydroxylation is 1. The molecular formula is C15H12Cl2N2O2S. The molecule has 4 nitrogen and oxygen atoms in total. The molecule has 0 radical (unpaired) electrons. The maximum Gasteiger partial charge on any atom is 0.350 e. The summed E-state index contributed by atoms with van der Waals surface area (Å²) in [5, 5.41) is 1.12. The molecule has 7 heteroatoms. The smallest absolute Gasteiger partial charge is 0.350 e. The number of esters is 1. The lowest BCUT2D eigenvalue weighted by atomic mass is 10.2. The van der Waals surface area contributed by atoms with E-state index in [-0.39, 0.29) is 5.97 Å². The first-order valence-corrected chi connectivity index (χ1v) is 8.19. The largest absolute Gasteiger partial charge is 0.462 e. The minimum atomic E-state index is -0.318. The van der Waals surface area contributed by atoms with E-state index in [1.165, 1.54) is 11.3 Å². The van der Waals surface area contributed by atoms with Crippen molar-refractivity contribution in [3.63, 3.8) is 0 Å². The molecule has 0 saturated heterocycles. The zero-order valence-electron chi connectivity index (χ0n) is 11.9. The third-order valence-corrected chi connectivity index (χ3v) is 4.91. The van der Waals surface area contributed by atoms with Gasteiger partial charge in [0, 0.05) is 22.5 Å². The zero-order valence-corrected chi connectivity index (χ0v) is 14.2. The number of rotatable bonds is 3. The second-order valence-electron chi connectivity index (χ2n) is 4.64. The number of imidazole rings is 1. The second-order valence-corrected chi connectivity index (χ2v) is 6.46. The lowest BCUT2D eigenvalue weighted by molar-refractivity contribution is 0.0531. The van der Waals surface area contributed by atoms with E-state index in [2.05, 4.69) is 4.98 Å². The molecule has 2 aromatic heterocycles. The minimum absolute atomic E-state index is 0.318. The molecule has 2 heterocycles. The number of benzene rings is 1. The molecule has 0 bridgehead atoms. The Hall–Kier alpha value is -1.56. The van der Waals surface area contributed by atoms with Crippen LogP contribution in [0.3, 0.4) is 0 Å². The lowest BCUT2D eigenvalue weighted by Gasteiger charge is -2.01. The van der Waals surface area contributed by atoms with Gasteiger partial charge in [-0.1, -0.05) is 34.5 Å². The van der Waals surface area contributed by atoms with E-state index < -0.39 is 0 Å². The van der Waals surface area contributed by atoms with Gasteiger partial charge in [0.05, 0.1) is 17.3 Å². The zero-order chi connectivity index (χ0) is 15.9. The van der Waals surface area contributed by atoms with Gasteiger partial charge in [0.25, 0.3) is 0 Å². The summed E-state index contributed by atoms with van der Waals surface area (Å²) in [6, 6.07) is 5.29. The van der Waals surface area contributed by atoms with Crippen molar-refractivity contribution in [2.24, 2.45) is 0 Å². The summed E-state index contributed by atoms with van der Waals surface area (Å²) in [6.07, 6.45) is 1.86. The van der Waals surface area contributed by atoms with Crippen LogP contribution in [0.25, 0.3) is 16.2 Å². The molecule has 0 saturated carbocycles. The number of thiazole rings is 1. The first kappa shape index (κ1) is 15.3. The lowest BCUT2D eigenvalue weighted by Crippen LogP contribution is -2.04. The van der Waals surface area contributed by atoms with E-state index >= 15 is 0 Å². The monoisotopic (exact) mass is 354 g/mol. The van der Waals surface area contributed by atoms with Crippen molar-refractivity contribution >= 4 is 45.5 Å². The summed E-state index contributed by atoms with van der Waals surface area (Å²) < 4.78 is 6.92. The van der Waals surface area contributed by atoms with Crippen molar-refractivity contribution in [3.8, 4) is 11.3 Å². The van der Waals surface area contributed by atoms with Crippen LogP contribution >= 0.6 is 34.5 Å². The van der Waals surface area contributed by atoms with Crippen molar-refractivity contribution < 1.29 is 9.53 Å². The number of hydrogen-bond acceptors (Lipinski definition) is 4. The third kappa shape index (κ3) is 2.60. The topological polar surface area (TPSA) is 43.6 Å². The molecule has 114 valence electrons. The quantitative estimate of drug-likeness (QED) is 0.631. The summed E-state index contributed by atoms with van der Waals surface area (Å²) in [5.74, 6) is -0.318. The van der Waals surface area contributed by atoms with E-state index in [4.69, 9.17) is 27.9 Å². The second kappa shape index (κ2) is 5.91. The van der Waals surface area contributed by atoms with E-state index in [1.807, 2.05) is 23.6 Å². The van der Waals surface area contributed by atoms with Gasteiger partial charge >= 0.3 is 5.97 Å². The molecular weight excluding hydrogens is 343 g/mol. The SMILES string of the molecule is CCOC(=O)c1sc2nc(-c3ccc(Cl)cc3Cl)cn2c1C. The Labute approximate surface area is 141 Å². The highest BCUT2D eigenvalue weighted by Gasteiger charge is 2.19. The third-order valence-electron chi connectivity index (χ3n) is 3.22. The minimum Gasteiger partial charge on any atom is -0.462 e. The normalized spacial score (nSPS) is 11.1. The van der Waals surface area contributed by atoms with Gasteiger partial charge in [-0.05, 0) is 32.0 Å². The molecule has 0 spiro atoms. The highest BCUT2D eigenvalue weighted by Crippen LogP contribution is 2.32. The molecule has 3 aromatic rings. The molecule has 3 rings (SSSR count). The van der Waals surface area contributed by atoms with Crippen LogP contribution in [0, 0.1) is 6.92 Å². The number of hydrogen-bond donors (Lipinski definition) is 0. The van der Waals surface area contributed by atoms with E-state index in [0.717, 1.165) is 21.9 Å². The average molecular weight is 355 g/mol. The van der Waals surface area contributed by atoms with Crippen molar-refractivity contribution in [3.05, 3.63) is 45.0 Å². The first-order chi connectivity index (χ1) is 10.5. The molecule has 0 atom stereocenters. The number of aromatic nitrogens is 2. The standard InChI is InChI=1S/C15H12Cl2N2O2S/c1-3-21-14(20)13-8(2)19-7-12(18-15(19)22-13)10-5-4-9(16)6-11(10)17/h4-7H,3H2,1-2H3. The Kier molecular flexibility index (Phi) is 4.12. The molecule has 22 heavy (non-hydrogen) atoms.